The van der Waals surface area contributed by atoms with E-state index in [-0.39, 0.29) is 19.4 Å². The average molecular weight is 271 g/mol. The first kappa shape index (κ1) is 15.5. The minimum absolute atomic E-state index is 0.0202. The fraction of sp³-hybridized carbons (Fsp3) is 0.692. The molecule has 0 spiro atoms. The lowest BCUT2D eigenvalue weighted by Gasteiger charge is -2.27. The molecule has 1 saturated heterocycles. The fourth-order valence-electron chi connectivity index (χ4n) is 2.11. The van der Waals surface area contributed by atoms with Crippen LogP contribution in [0.4, 0.5) is 4.79 Å². The Kier molecular flexibility index (Phi) is 4.25. The van der Waals surface area contributed by atoms with Crippen LogP contribution in [0.5, 0.6) is 0 Å². The van der Waals surface area contributed by atoms with Gasteiger partial charge in [-0.05, 0) is 27.2 Å². The molecule has 1 amide bonds. The molecule has 1 aliphatic heterocycles. The third kappa shape index (κ3) is 3.96. The normalized spacial score (nSPS) is 27.2. The molecule has 2 N–H and O–H groups in total. The number of carboxylic acids is 1. The molecule has 1 heterocycles. The predicted octanol–water partition coefficient (Wildman–Crippen LogP) is 1.39. The Balaban J connectivity index is 2.88. The van der Waals surface area contributed by atoms with Gasteiger partial charge in [-0.1, -0.05) is 6.08 Å². The molecule has 6 heteroatoms. The number of rotatable bonds is 3. The van der Waals surface area contributed by atoms with Crippen molar-refractivity contribution in [3.8, 4) is 0 Å². The quantitative estimate of drug-likeness (QED) is 0.757. The highest BCUT2D eigenvalue weighted by atomic mass is 16.6. The van der Waals surface area contributed by atoms with Crippen LogP contribution in [0.2, 0.25) is 0 Å². The van der Waals surface area contributed by atoms with E-state index in [4.69, 9.17) is 9.84 Å². The van der Waals surface area contributed by atoms with Crippen molar-refractivity contribution in [3.05, 3.63) is 12.7 Å². The number of ether oxygens (including phenoxy) is 1. The molecule has 1 fully saturated rings. The minimum atomic E-state index is -1.25. The van der Waals surface area contributed by atoms with E-state index in [9.17, 15) is 14.7 Å². The summed E-state index contributed by atoms with van der Waals surface area (Å²) in [6.07, 6.45) is 1.00. The summed E-state index contributed by atoms with van der Waals surface area (Å²) in [7, 11) is 0. The van der Waals surface area contributed by atoms with Gasteiger partial charge >= 0.3 is 12.1 Å². The molecule has 0 bridgehead atoms. The van der Waals surface area contributed by atoms with Crippen LogP contribution in [0.3, 0.4) is 0 Å². The number of aliphatic hydroxyl groups is 1. The van der Waals surface area contributed by atoms with E-state index in [1.807, 2.05) is 0 Å². The van der Waals surface area contributed by atoms with Crippen LogP contribution >= 0.6 is 0 Å². The summed E-state index contributed by atoms with van der Waals surface area (Å²) in [6, 6.07) is -1.07. The summed E-state index contributed by atoms with van der Waals surface area (Å²) >= 11 is 0. The third-order valence-electron chi connectivity index (χ3n) is 2.85. The van der Waals surface area contributed by atoms with Crippen LogP contribution in [0, 0.1) is 0 Å². The Morgan fingerprint density at radius 1 is 1.53 bits per heavy atom. The van der Waals surface area contributed by atoms with E-state index >= 15 is 0 Å². The van der Waals surface area contributed by atoms with Crippen LogP contribution in [0.15, 0.2) is 12.7 Å². The van der Waals surface area contributed by atoms with Crippen molar-refractivity contribution >= 4 is 12.1 Å². The monoisotopic (exact) mass is 271 g/mol. The van der Waals surface area contributed by atoms with Gasteiger partial charge in [0.15, 0.2) is 0 Å². The second kappa shape index (κ2) is 5.21. The molecular formula is C13H21NO5. The van der Waals surface area contributed by atoms with E-state index in [2.05, 4.69) is 6.58 Å². The lowest BCUT2D eigenvalue weighted by atomic mass is 9.96. The Labute approximate surface area is 112 Å². The van der Waals surface area contributed by atoms with Gasteiger partial charge in [-0.2, -0.15) is 0 Å². The van der Waals surface area contributed by atoms with E-state index in [0.717, 1.165) is 4.90 Å². The van der Waals surface area contributed by atoms with Gasteiger partial charge in [0, 0.05) is 6.42 Å². The number of β-amino-alcohol motifs (C(OH)–C–C–N with tert-alkyl or cyclic N) is 1. The topological polar surface area (TPSA) is 87.1 Å². The maximum atomic E-state index is 12.0. The molecule has 1 rings (SSSR count). The highest BCUT2D eigenvalue weighted by Crippen LogP contribution is 2.31. The molecule has 6 nitrogen and oxygen atoms in total. The molecule has 1 unspecified atom stereocenters. The van der Waals surface area contributed by atoms with Gasteiger partial charge in [-0.3, -0.25) is 4.90 Å². The smallest absolute Gasteiger partial charge is 0.411 e. The van der Waals surface area contributed by atoms with E-state index in [1.54, 1.807) is 20.8 Å². The molecule has 0 aromatic carbocycles. The number of likely N-dealkylation sites (tertiary alicyclic amines) is 1. The summed E-state index contributed by atoms with van der Waals surface area (Å²) < 4.78 is 5.16. The highest BCUT2D eigenvalue weighted by Gasteiger charge is 2.48. The first-order valence-corrected chi connectivity index (χ1v) is 6.14. The molecule has 0 aliphatic carbocycles. The Morgan fingerprint density at radius 3 is 2.53 bits per heavy atom. The Bertz CT molecular complexity index is 387. The molecule has 19 heavy (non-hydrogen) atoms. The third-order valence-corrected chi connectivity index (χ3v) is 2.85. The summed E-state index contributed by atoms with van der Waals surface area (Å²) in [5.41, 5.74) is -1.96. The van der Waals surface area contributed by atoms with Crippen molar-refractivity contribution in [1.82, 2.24) is 4.90 Å². The maximum Gasteiger partial charge on any atom is 0.411 e. The first-order valence-electron chi connectivity index (χ1n) is 6.14. The Hall–Kier alpha value is -1.56. The van der Waals surface area contributed by atoms with Crippen LogP contribution in [-0.4, -0.2) is 51.0 Å². The van der Waals surface area contributed by atoms with Gasteiger partial charge < -0.3 is 14.9 Å². The number of nitrogens with zero attached hydrogens (tertiary/aromatic N) is 1. The van der Waals surface area contributed by atoms with Crippen molar-refractivity contribution in [2.75, 3.05) is 6.54 Å². The van der Waals surface area contributed by atoms with Crippen LogP contribution in [-0.2, 0) is 9.53 Å². The van der Waals surface area contributed by atoms with E-state index in [1.165, 1.54) is 6.08 Å². The molecule has 0 aromatic rings. The number of carboxylic acid groups (broad SMARTS) is 1. The van der Waals surface area contributed by atoms with Gasteiger partial charge in [0.1, 0.15) is 11.6 Å². The van der Waals surface area contributed by atoms with Crippen LogP contribution in [0.25, 0.3) is 0 Å². The minimum Gasteiger partial charge on any atom is -0.480 e. The largest absolute Gasteiger partial charge is 0.480 e. The maximum absolute atomic E-state index is 12.0. The van der Waals surface area contributed by atoms with Gasteiger partial charge in [0.2, 0.25) is 0 Å². The second-order valence-corrected chi connectivity index (χ2v) is 5.88. The lowest BCUT2D eigenvalue weighted by molar-refractivity contribution is -0.142. The predicted molar refractivity (Wildman–Crippen MR) is 68.7 cm³/mol. The summed E-state index contributed by atoms with van der Waals surface area (Å²) in [5.74, 6) is -1.15. The zero-order valence-electron chi connectivity index (χ0n) is 11.5. The summed E-state index contributed by atoms with van der Waals surface area (Å²) in [5, 5.41) is 19.4. The van der Waals surface area contributed by atoms with Crippen molar-refractivity contribution in [1.29, 1.82) is 0 Å². The average Bonchev–Trinajstić information content (AvgIpc) is 2.54. The lowest BCUT2D eigenvalue weighted by Crippen LogP contribution is -2.44. The van der Waals surface area contributed by atoms with Crippen LogP contribution < -0.4 is 0 Å². The van der Waals surface area contributed by atoms with Gasteiger partial charge in [-0.25, -0.2) is 9.59 Å². The molecule has 108 valence electrons. The molecule has 2 atom stereocenters. The number of hydrogen-bond acceptors (Lipinski definition) is 4. The van der Waals surface area contributed by atoms with Crippen molar-refractivity contribution in [2.24, 2.45) is 0 Å². The Morgan fingerprint density at radius 2 is 2.11 bits per heavy atom. The summed E-state index contributed by atoms with van der Waals surface area (Å²) in [6.45, 7) is 8.57. The number of carbonyl (C=O) groups is 2. The van der Waals surface area contributed by atoms with E-state index < -0.39 is 29.3 Å². The molecule has 0 aromatic heterocycles. The molecular weight excluding hydrogens is 250 g/mol. The summed E-state index contributed by atoms with van der Waals surface area (Å²) in [4.78, 5) is 24.2. The first-order chi connectivity index (χ1) is 8.58. The van der Waals surface area contributed by atoms with Gasteiger partial charge in [-0.15, -0.1) is 6.58 Å². The van der Waals surface area contributed by atoms with Crippen LogP contribution in [0.1, 0.15) is 33.6 Å². The van der Waals surface area contributed by atoms with Crippen molar-refractivity contribution in [2.45, 2.75) is 50.9 Å². The number of hydrogen-bond donors (Lipinski definition) is 2. The highest BCUT2D eigenvalue weighted by molar-refractivity contribution is 5.81. The number of aliphatic carboxylic acids is 1. The second-order valence-electron chi connectivity index (χ2n) is 5.88. The van der Waals surface area contributed by atoms with Gasteiger partial charge in [0.05, 0.1) is 12.1 Å². The zero-order chi connectivity index (χ0) is 14.8. The number of amides is 1. The SMILES string of the molecule is C=CCC1(O)C[C@@H](C(=O)O)N(C(=O)OC(C)(C)C)C1. The molecule has 1 aliphatic rings. The van der Waals surface area contributed by atoms with Crippen molar-refractivity contribution in [3.63, 3.8) is 0 Å². The molecule has 0 saturated carbocycles. The molecule has 0 radical (unpaired) electrons. The van der Waals surface area contributed by atoms with E-state index in [0.29, 0.717) is 0 Å². The van der Waals surface area contributed by atoms with Gasteiger partial charge in [0.25, 0.3) is 0 Å². The fourth-order valence-corrected chi connectivity index (χ4v) is 2.11. The van der Waals surface area contributed by atoms with Crippen molar-refractivity contribution < 1.29 is 24.5 Å². The standard InChI is InChI=1S/C13H21NO5/c1-5-6-13(18)7-9(10(15)16)14(8-13)11(17)19-12(2,3)4/h5,9,18H,1,6-8H2,2-4H3,(H,15,16)/t9-,13?/m0/s1. The zero-order valence-corrected chi connectivity index (χ0v) is 11.5. The number of carbonyl (C=O) groups excluding carboxylic acids is 1.